The van der Waals surface area contributed by atoms with Crippen LogP contribution in [0.5, 0.6) is 0 Å². The Hall–Kier alpha value is -1.88. The normalized spacial score (nSPS) is 16.0. The highest BCUT2D eigenvalue weighted by Gasteiger charge is 2.14. The van der Waals surface area contributed by atoms with Crippen molar-refractivity contribution in [2.45, 2.75) is 12.8 Å². The summed E-state index contributed by atoms with van der Waals surface area (Å²) >= 11 is 0. The predicted octanol–water partition coefficient (Wildman–Crippen LogP) is 1.39. The molecule has 0 radical (unpaired) electrons. The Kier molecular flexibility index (Phi) is 3.46. The van der Waals surface area contributed by atoms with E-state index in [1.165, 1.54) is 12.8 Å². The molecule has 1 aliphatic rings. The zero-order chi connectivity index (χ0) is 13.1. The van der Waals surface area contributed by atoms with Crippen molar-refractivity contribution >= 4 is 16.8 Å². The maximum atomic E-state index is 12.1. The van der Waals surface area contributed by atoms with Crippen LogP contribution in [0.15, 0.2) is 24.3 Å². The molecule has 2 N–H and O–H groups in total. The van der Waals surface area contributed by atoms with Crippen molar-refractivity contribution in [3.05, 3.63) is 30.0 Å². The number of fused-ring (bicyclic) bond motifs is 1. The monoisotopic (exact) mass is 258 g/mol. The summed E-state index contributed by atoms with van der Waals surface area (Å²) in [6, 6.07) is 7.67. The van der Waals surface area contributed by atoms with E-state index >= 15 is 0 Å². The second-order valence-electron chi connectivity index (χ2n) is 4.92. The van der Waals surface area contributed by atoms with E-state index in [9.17, 15) is 4.79 Å². The van der Waals surface area contributed by atoms with Gasteiger partial charge in [0.2, 0.25) is 0 Å². The fourth-order valence-electron chi connectivity index (χ4n) is 2.55. The first-order valence-corrected chi connectivity index (χ1v) is 6.78. The number of rotatable bonds is 4. The number of carbonyl (C=O) groups is 1. The standard InChI is InChI=1S/C14H18N4O/c19-14(15-7-10-18-8-3-4-9-18)13-11-5-1-2-6-12(11)16-17-13/h1-2,5-6H,3-4,7-10H2,(H,15,19)(H,16,17). The van der Waals surface area contributed by atoms with E-state index in [2.05, 4.69) is 20.4 Å². The molecule has 5 nitrogen and oxygen atoms in total. The molecule has 1 fully saturated rings. The lowest BCUT2D eigenvalue weighted by Gasteiger charge is -2.14. The van der Waals surface area contributed by atoms with Crippen LogP contribution in [0.1, 0.15) is 23.3 Å². The van der Waals surface area contributed by atoms with E-state index in [1.54, 1.807) is 0 Å². The summed E-state index contributed by atoms with van der Waals surface area (Å²) < 4.78 is 0. The second-order valence-corrected chi connectivity index (χ2v) is 4.92. The molecule has 5 heteroatoms. The Balaban J connectivity index is 1.60. The summed E-state index contributed by atoms with van der Waals surface area (Å²) in [5.74, 6) is -0.100. The van der Waals surface area contributed by atoms with Gasteiger partial charge in [-0.15, -0.1) is 0 Å². The van der Waals surface area contributed by atoms with Gasteiger partial charge in [-0.05, 0) is 32.0 Å². The van der Waals surface area contributed by atoms with Crippen LogP contribution in [-0.4, -0.2) is 47.2 Å². The fraction of sp³-hybridized carbons (Fsp3) is 0.429. The first kappa shape index (κ1) is 12.2. The van der Waals surface area contributed by atoms with Gasteiger partial charge in [-0.25, -0.2) is 0 Å². The quantitative estimate of drug-likeness (QED) is 0.871. The van der Waals surface area contributed by atoms with Gasteiger partial charge in [0, 0.05) is 18.5 Å². The fourth-order valence-corrected chi connectivity index (χ4v) is 2.55. The number of likely N-dealkylation sites (tertiary alicyclic amines) is 1. The number of nitrogens with zero attached hydrogens (tertiary/aromatic N) is 2. The first-order chi connectivity index (χ1) is 9.34. The number of amides is 1. The third-order valence-electron chi connectivity index (χ3n) is 3.60. The van der Waals surface area contributed by atoms with Gasteiger partial charge in [0.15, 0.2) is 5.69 Å². The topological polar surface area (TPSA) is 61.0 Å². The number of hydrogen-bond acceptors (Lipinski definition) is 3. The van der Waals surface area contributed by atoms with E-state index in [0.29, 0.717) is 12.2 Å². The van der Waals surface area contributed by atoms with Crippen molar-refractivity contribution < 1.29 is 4.79 Å². The van der Waals surface area contributed by atoms with Crippen molar-refractivity contribution in [3.63, 3.8) is 0 Å². The number of para-hydroxylation sites is 1. The van der Waals surface area contributed by atoms with E-state index in [4.69, 9.17) is 0 Å². The minimum absolute atomic E-state index is 0.100. The van der Waals surface area contributed by atoms with Crippen LogP contribution in [0, 0.1) is 0 Å². The highest BCUT2D eigenvalue weighted by atomic mass is 16.1. The summed E-state index contributed by atoms with van der Waals surface area (Å²) in [6.45, 7) is 3.91. The Morgan fingerprint density at radius 2 is 2.11 bits per heavy atom. The van der Waals surface area contributed by atoms with Crippen molar-refractivity contribution in [2.24, 2.45) is 0 Å². The molecule has 1 amide bonds. The van der Waals surface area contributed by atoms with E-state index in [1.807, 2.05) is 24.3 Å². The van der Waals surface area contributed by atoms with Crippen LogP contribution in [0.4, 0.5) is 0 Å². The van der Waals surface area contributed by atoms with Crippen molar-refractivity contribution in [1.29, 1.82) is 0 Å². The van der Waals surface area contributed by atoms with Crippen LogP contribution in [-0.2, 0) is 0 Å². The molecule has 100 valence electrons. The van der Waals surface area contributed by atoms with E-state index in [0.717, 1.165) is 30.5 Å². The average molecular weight is 258 g/mol. The highest BCUT2D eigenvalue weighted by molar-refractivity contribution is 6.04. The van der Waals surface area contributed by atoms with Gasteiger partial charge in [-0.3, -0.25) is 9.89 Å². The number of carbonyl (C=O) groups excluding carboxylic acids is 1. The molecule has 0 aliphatic carbocycles. The van der Waals surface area contributed by atoms with E-state index in [-0.39, 0.29) is 5.91 Å². The Morgan fingerprint density at radius 1 is 1.32 bits per heavy atom. The molecule has 0 atom stereocenters. The van der Waals surface area contributed by atoms with Crippen LogP contribution >= 0.6 is 0 Å². The maximum Gasteiger partial charge on any atom is 0.272 e. The second kappa shape index (κ2) is 5.40. The number of H-pyrrole nitrogens is 1. The molecule has 0 saturated carbocycles. The third-order valence-corrected chi connectivity index (χ3v) is 3.60. The third kappa shape index (κ3) is 2.61. The van der Waals surface area contributed by atoms with Crippen molar-refractivity contribution in [1.82, 2.24) is 20.4 Å². The first-order valence-electron chi connectivity index (χ1n) is 6.78. The predicted molar refractivity (Wildman–Crippen MR) is 74.1 cm³/mol. The largest absolute Gasteiger partial charge is 0.349 e. The number of aromatic nitrogens is 2. The smallest absolute Gasteiger partial charge is 0.272 e. The van der Waals surface area contributed by atoms with Crippen molar-refractivity contribution in [2.75, 3.05) is 26.2 Å². The minimum atomic E-state index is -0.100. The Labute approximate surface area is 112 Å². The van der Waals surface area contributed by atoms with Crippen LogP contribution < -0.4 is 5.32 Å². The van der Waals surface area contributed by atoms with Gasteiger partial charge in [0.1, 0.15) is 0 Å². The summed E-state index contributed by atoms with van der Waals surface area (Å²) in [6.07, 6.45) is 2.55. The Morgan fingerprint density at radius 3 is 2.95 bits per heavy atom. The molecule has 2 aromatic rings. The summed E-state index contributed by atoms with van der Waals surface area (Å²) in [5, 5.41) is 10.8. The highest BCUT2D eigenvalue weighted by Crippen LogP contribution is 2.14. The van der Waals surface area contributed by atoms with Crippen LogP contribution in [0.25, 0.3) is 10.9 Å². The molecule has 2 heterocycles. The number of nitrogens with one attached hydrogen (secondary N) is 2. The zero-order valence-electron chi connectivity index (χ0n) is 10.9. The number of benzene rings is 1. The molecule has 1 aromatic heterocycles. The van der Waals surface area contributed by atoms with Gasteiger partial charge in [0.05, 0.1) is 5.52 Å². The molecule has 0 unspecified atom stereocenters. The minimum Gasteiger partial charge on any atom is -0.349 e. The maximum absolute atomic E-state index is 12.1. The molecular weight excluding hydrogens is 240 g/mol. The lowest BCUT2D eigenvalue weighted by atomic mass is 10.2. The van der Waals surface area contributed by atoms with Gasteiger partial charge in [0.25, 0.3) is 5.91 Å². The summed E-state index contributed by atoms with van der Waals surface area (Å²) in [5.41, 5.74) is 1.38. The van der Waals surface area contributed by atoms with Gasteiger partial charge < -0.3 is 10.2 Å². The van der Waals surface area contributed by atoms with Crippen LogP contribution in [0.3, 0.4) is 0 Å². The Bertz CT molecular complexity index is 572. The summed E-state index contributed by atoms with van der Waals surface area (Å²) in [4.78, 5) is 14.5. The molecule has 1 saturated heterocycles. The number of aromatic amines is 1. The molecule has 0 bridgehead atoms. The van der Waals surface area contributed by atoms with E-state index < -0.39 is 0 Å². The molecular formula is C14H18N4O. The van der Waals surface area contributed by atoms with Crippen LogP contribution in [0.2, 0.25) is 0 Å². The molecule has 0 spiro atoms. The number of hydrogen-bond donors (Lipinski definition) is 2. The van der Waals surface area contributed by atoms with Crippen molar-refractivity contribution in [3.8, 4) is 0 Å². The lowest BCUT2D eigenvalue weighted by Crippen LogP contribution is -2.33. The van der Waals surface area contributed by atoms with Gasteiger partial charge >= 0.3 is 0 Å². The molecule has 19 heavy (non-hydrogen) atoms. The van der Waals surface area contributed by atoms with Gasteiger partial charge in [-0.2, -0.15) is 5.10 Å². The SMILES string of the molecule is O=C(NCCN1CCCC1)c1n[nH]c2ccccc12. The average Bonchev–Trinajstić information content (AvgIpc) is 3.07. The van der Waals surface area contributed by atoms with Gasteiger partial charge in [-0.1, -0.05) is 18.2 Å². The summed E-state index contributed by atoms with van der Waals surface area (Å²) in [7, 11) is 0. The molecule has 3 rings (SSSR count). The lowest BCUT2D eigenvalue weighted by molar-refractivity contribution is 0.0946. The zero-order valence-corrected chi connectivity index (χ0v) is 10.9. The molecule has 1 aliphatic heterocycles. The molecule has 1 aromatic carbocycles.